The van der Waals surface area contributed by atoms with Crippen LogP contribution in [0.25, 0.3) is 6.08 Å². The number of carbonyl (C=O) groups is 2. The first-order valence-electron chi connectivity index (χ1n) is 9.24. The summed E-state index contributed by atoms with van der Waals surface area (Å²) < 4.78 is 19.0. The topological polar surface area (TPSA) is 72.6 Å². The molecule has 146 valence electrons. The maximum atomic E-state index is 13.1. The van der Waals surface area contributed by atoms with Crippen molar-refractivity contribution in [1.29, 1.82) is 0 Å². The fraction of sp³-hybridized carbons (Fsp3) is 0.273. The fourth-order valence-electron chi connectivity index (χ4n) is 3.35. The predicted molar refractivity (Wildman–Crippen MR) is 105 cm³/mol. The van der Waals surface area contributed by atoms with Crippen LogP contribution in [0.15, 0.2) is 60.7 Å². The van der Waals surface area contributed by atoms with E-state index in [1.165, 1.54) is 18.2 Å². The molecule has 2 aromatic carbocycles. The van der Waals surface area contributed by atoms with Crippen molar-refractivity contribution in [3.05, 3.63) is 72.1 Å². The van der Waals surface area contributed by atoms with E-state index in [1.807, 2.05) is 30.3 Å². The van der Waals surface area contributed by atoms with Gasteiger partial charge in [-0.25, -0.2) is 4.39 Å². The molecule has 2 N–H and O–H groups in total. The van der Waals surface area contributed by atoms with E-state index in [9.17, 15) is 14.0 Å². The number of ether oxygens (including phenoxy) is 1. The number of hydrogen-bond donors (Lipinski definition) is 1. The molecular formula is C22H23FN2O3. The Morgan fingerprint density at radius 2 is 1.86 bits per heavy atom. The van der Waals surface area contributed by atoms with Crippen molar-refractivity contribution in [3.8, 4) is 5.75 Å². The third-order valence-electron chi connectivity index (χ3n) is 4.76. The Morgan fingerprint density at radius 1 is 1.14 bits per heavy atom. The number of benzene rings is 2. The van der Waals surface area contributed by atoms with Crippen LogP contribution < -0.4 is 10.5 Å². The number of likely N-dealkylation sites (tertiary alicyclic amines) is 1. The minimum absolute atomic E-state index is 0.112. The summed E-state index contributed by atoms with van der Waals surface area (Å²) in [5.41, 5.74) is 6.34. The number of primary amides is 1. The molecule has 0 unspecified atom stereocenters. The van der Waals surface area contributed by atoms with Crippen LogP contribution in [0.3, 0.4) is 0 Å². The Bertz CT molecular complexity index is 837. The van der Waals surface area contributed by atoms with Gasteiger partial charge in [-0.1, -0.05) is 30.3 Å². The molecule has 3 rings (SSSR count). The van der Waals surface area contributed by atoms with Crippen molar-refractivity contribution in [2.45, 2.75) is 18.9 Å². The molecule has 5 nitrogen and oxygen atoms in total. The highest BCUT2D eigenvalue weighted by molar-refractivity contribution is 5.91. The molecule has 2 amide bonds. The van der Waals surface area contributed by atoms with Gasteiger partial charge < -0.3 is 15.4 Å². The van der Waals surface area contributed by atoms with E-state index < -0.39 is 5.91 Å². The summed E-state index contributed by atoms with van der Waals surface area (Å²) in [4.78, 5) is 25.7. The third kappa shape index (κ3) is 5.42. The van der Waals surface area contributed by atoms with Gasteiger partial charge in [0.25, 0.3) is 0 Å². The van der Waals surface area contributed by atoms with Crippen molar-refractivity contribution in [1.82, 2.24) is 4.90 Å². The molecule has 0 aliphatic carbocycles. The van der Waals surface area contributed by atoms with Crippen molar-refractivity contribution in [2.75, 3.05) is 13.1 Å². The minimum atomic E-state index is -0.438. The van der Waals surface area contributed by atoms with Gasteiger partial charge in [-0.15, -0.1) is 0 Å². The van der Waals surface area contributed by atoms with E-state index in [1.54, 1.807) is 23.1 Å². The van der Waals surface area contributed by atoms with Crippen molar-refractivity contribution >= 4 is 17.9 Å². The molecule has 2 aromatic rings. The average Bonchev–Trinajstić information content (AvgIpc) is 2.69. The third-order valence-corrected chi connectivity index (χ3v) is 4.76. The zero-order chi connectivity index (χ0) is 19.9. The standard InChI is InChI=1S/C22H23FN2O3/c23-18-7-9-19(10-8-18)28-20-12-13-25(15-17(20)14-21(24)26)22(27)11-6-16-4-2-1-3-5-16/h1-11,17,20H,12-15H2,(H2,24,26)/b11-6+/t17-,20-/m0/s1. The Labute approximate surface area is 163 Å². The van der Waals surface area contributed by atoms with Crippen LogP contribution in [0.5, 0.6) is 5.75 Å². The molecule has 2 atom stereocenters. The predicted octanol–water partition coefficient (Wildman–Crippen LogP) is 3.01. The summed E-state index contributed by atoms with van der Waals surface area (Å²) in [6.45, 7) is 0.895. The number of amides is 2. The highest BCUT2D eigenvalue weighted by Gasteiger charge is 2.33. The second kappa shape index (κ2) is 9.17. The Morgan fingerprint density at radius 3 is 2.54 bits per heavy atom. The van der Waals surface area contributed by atoms with Crippen LogP contribution in [0.1, 0.15) is 18.4 Å². The minimum Gasteiger partial charge on any atom is -0.490 e. The molecule has 1 saturated heterocycles. The zero-order valence-electron chi connectivity index (χ0n) is 15.5. The molecule has 1 aliphatic rings. The Balaban J connectivity index is 1.65. The van der Waals surface area contributed by atoms with E-state index in [0.717, 1.165) is 5.56 Å². The van der Waals surface area contributed by atoms with Gasteiger partial charge in [-0.2, -0.15) is 0 Å². The van der Waals surface area contributed by atoms with Gasteiger partial charge in [0, 0.05) is 37.9 Å². The first-order valence-corrected chi connectivity index (χ1v) is 9.24. The molecule has 0 bridgehead atoms. The fourth-order valence-corrected chi connectivity index (χ4v) is 3.35. The summed E-state index contributed by atoms with van der Waals surface area (Å²) in [6, 6.07) is 15.3. The van der Waals surface area contributed by atoms with Crippen LogP contribution in [0.4, 0.5) is 4.39 Å². The van der Waals surface area contributed by atoms with Gasteiger partial charge in [-0.3, -0.25) is 9.59 Å². The molecule has 0 radical (unpaired) electrons. The molecular weight excluding hydrogens is 359 g/mol. The molecule has 1 heterocycles. The molecule has 0 spiro atoms. The van der Waals surface area contributed by atoms with E-state index >= 15 is 0 Å². The van der Waals surface area contributed by atoms with Crippen LogP contribution in [0.2, 0.25) is 0 Å². The second-order valence-electron chi connectivity index (χ2n) is 6.86. The lowest BCUT2D eigenvalue weighted by Gasteiger charge is -2.37. The second-order valence-corrected chi connectivity index (χ2v) is 6.86. The van der Waals surface area contributed by atoms with Gasteiger partial charge >= 0.3 is 0 Å². The lowest BCUT2D eigenvalue weighted by molar-refractivity contribution is -0.131. The number of piperidine rings is 1. The number of hydrogen-bond acceptors (Lipinski definition) is 3. The molecule has 1 fully saturated rings. The zero-order valence-corrected chi connectivity index (χ0v) is 15.5. The first-order chi connectivity index (χ1) is 13.5. The van der Waals surface area contributed by atoms with Crippen LogP contribution in [0, 0.1) is 11.7 Å². The van der Waals surface area contributed by atoms with Gasteiger partial charge in [0.1, 0.15) is 17.7 Å². The first kappa shape index (κ1) is 19.6. The van der Waals surface area contributed by atoms with E-state index in [4.69, 9.17) is 10.5 Å². The summed E-state index contributed by atoms with van der Waals surface area (Å²) in [7, 11) is 0. The summed E-state index contributed by atoms with van der Waals surface area (Å²) >= 11 is 0. The Kier molecular flexibility index (Phi) is 6.42. The van der Waals surface area contributed by atoms with E-state index in [2.05, 4.69) is 0 Å². The number of nitrogens with zero attached hydrogens (tertiary/aromatic N) is 1. The van der Waals surface area contributed by atoms with Crippen molar-refractivity contribution in [3.63, 3.8) is 0 Å². The number of carbonyl (C=O) groups excluding carboxylic acids is 2. The van der Waals surface area contributed by atoms with Gasteiger partial charge in [-0.05, 0) is 35.9 Å². The molecule has 0 aromatic heterocycles. The highest BCUT2D eigenvalue weighted by Crippen LogP contribution is 2.26. The normalized spacial score (nSPS) is 19.5. The quantitative estimate of drug-likeness (QED) is 0.781. The summed E-state index contributed by atoms with van der Waals surface area (Å²) in [6.07, 6.45) is 3.74. The SMILES string of the molecule is NC(=O)C[C@H]1CN(C(=O)/C=C/c2ccccc2)CC[C@@H]1Oc1ccc(F)cc1. The summed E-state index contributed by atoms with van der Waals surface area (Å²) in [5, 5.41) is 0. The van der Waals surface area contributed by atoms with Crippen molar-refractivity contribution < 1.29 is 18.7 Å². The number of halogens is 1. The highest BCUT2D eigenvalue weighted by atomic mass is 19.1. The lowest BCUT2D eigenvalue weighted by Crippen LogP contribution is -2.48. The van der Waals surface area contributed by atoms with Crippen LogP contribution >= 0.6 is 0 Å². The molecule has 0 saturated carbocycles. The van der Waals surface area contributed by atoms with Crippen LogP contribution in [-0.4, -0.2) is 35.9 Å². The van der Waals surface area contributed by atoms with Gasteiger partial charge in [0.15, 0.2) is 0 Å². The Hall–Kier alpha value is -3.15. The monoisotopic (exact) mass is 382 g/mol. The van der Waals surface area contributed by atoms with Crippen molar-refractivity contribution in [2.24, 2.45) is 11.7 Å². The molecule has 28 heavy (non-hydrogen) atoms. The van der Waals surface area contributed by atoms with E-state index in [-0.39, 0.29) is 30.2 Å². The van der Waals surface area contributed by atoms with Crippen LogP contribution in [-0.2, 0) is 9.59 Å². The lowest BCUT2D eigenvalue weighted by atomic mass is 9.91. The average molecular weight is 382 g/mol. The maximum Gasteiger partial charge on any atom is 0.246 e. The number of rotatable bonds is 6. The molecule has 1 aliphatic heterocycles. The largest absolute Gasteiger partial charge is 0.490 e. The molecule has 6 heteroatoms. The number of nitrogens with two attached hydrogens (primary N) is 1. The smallest absolute Gasteiger partial charge is 0.246 e. The summed E-state index contributed by atoms with van der Waals surface area (Å²) in [5.74, 6) is -0.577. The van der Waals surface area contributed by atoms with Gasteiger partial charge in [0.05, 0.1) is 0 Å². The van der Waals surface area contributed by atoms with Gasteiger partial charge in [0.2, 0.25) is 11.8 Å². The maximum absolute atomic E-state index is 13.1. The van der Waals surface area contributed by atoms with E-state index in [0.29, 0.717) is 25.3 Å².